The largest absolute Gasteiger partial charge is 0.507 e. The summed E-state index contributed by atoms with van der Waals surface area (Å²) in [7, 11) is -3.50. The predicted molar refractivity (Wildman–Crippen MR) is 113 cm³/mol. The van der Waals surface area contributed by atoms with Crippen molar-refractivity contribution in [1.29, 1.82) is 0 Å². The third-order valence-corrected chi connectivity index (χ3v) is 6.16. The van der Waals surface area contributed by atoms with Crippen LogP contribution < -0.4 is 0 Å². The second-order valence-corrected chi connectivity index (χ2v) is 11.4. The summed E-state index contributed by atoms with van der Waals surface area (Å²) < 4.78 is 25.4. The highest BCUT2D eigenvalue weighted by Gasteiger charge is 2.29. The van der Waals surface area contributed by atoms with Gasteiger partial charge in [0.05, 0.1) is 6.26 Å². The average molecular weight is 406 g/mol. The number of phenols is 1. The van der Waals surface area contributed by atoms with Gasteiger partial charge in [0, 0.05) is 33.6 Å². The van der Waals surface area contributed by atoms with Crippen molar-refractivity contribution < 1.29 is 18.3 Å². The fourth-order valence-electron chi connectivity index (χ4n) is 3.55. The molecule has 0 aliphatic heterocycles. The van der Waals surface area contributed by atoms with Gasteiger partial charge in [-0.1, -0.05) is 41.5 Å². The van der Waals surface area contributed by atoms with E-state index in [4.69, 9.17) is 0 Å². The molecule has 0 fully saturated rings. The van der Waals surface area contributed by atoms with Gasteiger partial charge in [-0.15, -0.1) is 0 Å². The van der Waals surface area contributed by atoms with E-state index >= 15 is 0 Å². The van der Waals surface area contributed by atoms with E-state index < -0.39 is 10.0 Å². The number of carbonyl (C=O) groups excluding carboxylic acids is 1. The summed E-state index contributed by atoms with van der Waals surface area (Å²) >= 11 is 0. The lowest BCUT2D eigenvalue weighted by molar-refractivity contribution is 0.103. The van der Waals surface area contributed by atoms with Crippen LogP contribution in [0, 0.1) is 13.8 Å². The summed E-state index contributed by atoms with van der Waals surface area (Å²) in [6.07, 6.45) is 1.12. The molecule has 0 unspecified atom stereocenters. The van der Waals surface area contributed by atoms with Gasteiger partial charge in [0.15, 0.2) is 5.78 Å². The Balaban J connectivity index is 2.78. The normalized spacial score (nSPS) is 13.0. The van der Waals surface area contributed by atoms with Crippen molar-refractivity contribution in [2.45, 2.75) is 66.2 Å². The van der Waals surface area contributed by atoms with Crippen molar-refractivity contribution >= 4 is 15.8 Å². The van der Waals surface area contributed by atoms with Crippen LogP contribution in [0.15, 0.2) is 18.2 Å². The minimum atomic E-state index is -3.50. The molecule has 0 spiro atoms. The van der Waals surface area contributed by atoms with Gasteiger partial charge in [0.25, 0.3) is 0 Å². The number of hydrogen-bond donors (Lipinski definition) is 1. The van der Waals surface area contributed by atoms with E-state index in [9.17, 15) is 18.3 Å². The van der Waals surface area contributed by atoms with E-state index in [1.165, 1.54) is 3.97 Å². The van der Waals surface area contributed by atoms with Crippen LogP contribution >= 0.6 is 0 Å². The molecule has 0 radical (unpaired) electrons. The molecule has 0 atom stereocenters. The molecule has 154 valence electrons. The Bertz CT molecular complexity index is 1010. The zero-order valence-electron chi connectivity index (χ0n) is 18.3. The van der Waals surface area contributed by atoms with Gasteiger partial charge in [-0.25, -0.2) is 12.4 Å². The molecular weight excluding hydrogens is 374 g/mol. The highest BCUT2D eigenvalue weighted by atomic mass is 32.2. The first-order valence-electron chi connectivity index (χ1n) is 9.28. The number of carbonyl (C=O) groups is 1. The summed E-state index contributed by atoms with van der Waals surface area (Å²) in [6.45, 7) is 15.2. The molecule has 0 bridgehead atoms. The average Bonchev–Trinajstić information content (AvgIpc) is 2.78. The molecule has 0 aliphatic rings. The van der Waals surface area contributed by atoms with Gasteiger partial charge in [0.2, 0.25) is 10.0 Å². The molecule has 1 aromatic heterocycles. The van der Waals surface area contributed by atoms with Crippen LogP contribution in [0.1, 0.15) is 80.0 Å². The van der Waals surface area contributed by atoms with Crippen LogP contribution in [0.4, 0.5) is 0 Å². The lowest BCUT2D eigenvalue weighted by atomic mass is 9.77. The number of phenolic OH excluding ortho intramolecular Hbond substituents is 1. The molecule has 1 aromatic carbocycles. The molecular formula is C22H31NO4S. The third-order valence-electron chi connectivity index (χ3n) is 4.93. The van der Waals surface area contributed by atoms with Crippen LogP contribution in [0.3, 0.4) is 0 Å². The van der Waals surface area contributed by atoms with Gasteiger partial charge in [0.1, 0.15) is 5.75 Å². The van der Waals surface area contributed by atoms with Gasteiger partial charge in [-0.05, 0) is 42.9 Å². The topological polar surface area (TPSA) is 76.4 Å². The lowest BCUT2D eigenvalue weighted by Crippen LogP contribution is -2.19. The lowest BCUT2D eigenvalue weighted by Gasteiger charge is -2.28. The summed E-state index contributed by atoms with van der Waals surface area (Å²) in [5, 5.41) is 10.9. The van der Waals surface area contributed by atoms with Gasteiger partial charge < -0.3 is 5.11 Å². The predicted octanol–water partition coefficient (Wildman–Crippen LogP) is 4.44. The van der Waals surface area contributed by atoms with Crippen molar-refractivity contribution in [1.82, 2.24) is 3.97 Å². The minimum Gasteiger partial charge on any atom is -0.507 e. The molecule has 28 heavy (non-hydrogen) atoms. The molecule has 0 saturated heterocycles. The molecule has 2 aromatic rings. The maximum Gasteiger partial charge on any atom is 0.236 e. The van der Waals surface area contributed by atoms with E-state index in [0.29, 0.717) is 33.6 Å². The second-order valence-electron chi connectivity index (χ2n) is 9.56. The Morgan fingerprint density at radius 3 is 1.68 bits per heavy atom. The van der Waals surface area contributed by atoms with Crippen LogP contribution in [-0.4, -0.2) is 29.5 Å². The Morgan fingerprint density at radius 2 is 1.36 bits per heavy atom. The standard InChI is InChI=1S/C22H31NO4S/c1-13-10-16(14(2)23(13)28(9,26)27)19(24)15-11-17(21(3,4)5)20(25)18(12-15)22(6,7)8/h10-12,25H,1-9H3. The fourth-order valence-corrected chi connectivity index (χ4v) is 4.72. The fraction of sp³-hybridized carbons (Fsp3) is 0.500. The summed E-state index contributed by atoms with van der Waals surface area (Å²) in [5.74, 6) is -0.0443. The Morgan fingerprint density at radius 1 is 0.929 bits per heavy atom. The van der Waals surface area contributed by atoms with Crippen LogP contribution in [0.5, 0.6) is 5.75 Å². The number of ketones is 1. The molecule has 5 nitrogen and oxygen atoms in total. The van der Waals surface area contributed by atoms with Gasteiger partial charge >= 0.3 is 0 Å². The number of benzene rings is 1. The first-order chi connectivity index (χ1) is 12.5. The van der Waals surface area contributed by atoms with Crippen LogP contribution in [0.25, 0.3) is 0 Å². The highest BCUT2D eigenvalue weighted by molar-refractivity contribution is 7.89. The highest BCUT2D eigenvalue weighted by Crippen LogP contribution is 2.40. The monoisotopic (exact) mass is 405 g/mol. The van der Waals surface area contributed by atoms with E-state index in [2.05, 4.69) is 0 Å². The van der Waals surface area contributed by atoms with Crippen molar-refractivity contribution in [3.63, 3.8) is 0 Å². The van der Waals surface area contributed by atoms with Crippen LogP contribution in [-0.2, 0) is 20.9 Å². The van der Waals surface area contributed by atoms with Gasteiger partial charge in [-0.3, -0.25) is 4.79 Å². The number of rotatable bonds is 3. The smallest absolute Gasteiger partial charge is 0.236 e. The molecule has 0 amide bonds. The first-order valence-corrected chi connectivity index (χ1v) is 11.1. The zero-order chi connectivity index (χ0) is 21.8. The number of hydrogen-bond acceptors (Lipinski definition) is 4. The molecule has 2 rings (SSSR count). The summed E-state index contributed by atoms with van der Waals surface area (Å²) in [5.41, 5.74) is 2.37. The van der Waals surface area contributed by atoms with E-state index in [-0.39, 0.29) is 22.4 Å². The molecule has 1 N–H and O–H groups in total. The van der Waals surface area contributed by atoms with Crippen molar-refractivity contribution in [2.24, 2.45) is 0 Å². The minimum absolute atomic E-state index is 0.207. The summed E-state index contributed by atoms with van der Waals surface area (Å²) in [6, 6.07) is 5.05. The Kier molecular flexibility index (Phi) is 5.36. The quantitative estimate of drug-likeness (QED) is 0.766. The van der Waals surface area contributed by atoms with E-state index in [0.717, 1.165) is 6.26 Å². The van der Waals surface area contributed by atoms with Crippen molar-refractivity contribution in [2.75, 3.05) is 6.26 Å². The molecule has 0 saturated carbocycles. The number of aromatic hydroxyl groups is 1. The zero-order valence-corrected chi connectivity index (χ0v) is 19.1. The SMILES string of the molecule is Cc1cc(C(=O)c2cc(C(C)(C)C)c(O)c(C(C)(C)C)c2)c(C)n1S(C)(=O)=O. The summed E-state index contributed by atoms with van der Waals surface area (Å²) in [4.78, 5) is 13.3. The second kappa shape index (κ2) is 6.76. The third kappa shape index (κ3) is 4.02. The number of aryl methyl sites for hydroxylation is 1. The molecule has 0 aliphatic carbocycles. The first kappa shape index (κ1) is 22.2. The Hall–Kier alpha value is -2.08. The number of nitrogens with zero attached hydrogens (tertiary/aromatic N) is 1. The van der Waals surface area contributed by atoms with E-state index in [1.807, 2.05) is 41.5 Å². The van der Waals surface area contributed by atoms with E-state index in [1.54, 1.807) is 32.0 Å². The van der Waals surface area contributed by atoms with Gasteiger partial charge in [-0.2, -0.15) is 0 Å². The van der Waals surface area contributed by atoms with Crippen molar-refractivity contribution in [3.8, 4) is 5.75 Å². The maximum absolute atomic E-state index is 13.3. The van der Waals surface area contributed by atoms with Crippen molar-refractivity contribution in [3.05, 3.63) is 51.8 Å². The molecule has 1 heterocycles. The Labute approximate surface area is 168 Å². The molecule has 6 heteroatoms. The number of aromatic nitrogens is 1. The van der Waals surface area contributed by atoms with Crippen LogP contribution in [0.2, 0.25) is 0 Å². The maximum atomic E-state index is 13.3.